The van der Waals surface area contributed by atoms with Gasteiger partial charge in [0.25, 0.3) is 0 Å². The molecule has 0 saturated carbocycles. The molecule has 1 amide bonds. The van der Waals surface area contributed by atoms with Crippen molar-refractivity contribution in [3.8, 4) is 0 Å². The van der Waals surface area contributed by atoms with Gasteiger partial charge >= 0.3 is 0 Å². The van der Waals surface area contributed by atoms with E-state index in [1.54, 1.807) is 18.2 Å². The molecule has 0 fully saturated rings. The Kier molecular flexibility index (Phi) is 6.93. The number of aryl methyl sites for hydroxylation is 1. The minimum absolute atomic E-state index is 0.0747. The van der Waals surface area contributed by atoms with Gasteiger partial charge in [0, 0.05) is 18.1 Å². The molecule has 0 aliphatic rings. The molecule has 4 nitrogen and oxygen atoms in total. The molecule has 6 heteroatoms. The maximum Gasteiger partial charge on any atom is 0.212 e. The van der Waals surface area contributed by atoms with Crippen LogP contribution in [0.15, 0.2) is 42.5 Å². The molecule has 134 valence electrons. The van der Waals surface area contributed by atoms with Crippen molar-refractivity contribution in [2.24, 2.45) is 0 Å². The number of nitrogens with one attached hydrogen (secondary N) is 1. The number of rotatable bonds is 7. The normalized spacial score (nSPS) is 13.3. The molecule has 0 saturated heterocycles. The summed E-state index contributed by atoms with van der Waals surface area (Å²) >= 11 is 6.01. The molecule has 2 atom stereocenters. The van der Waals surface area contributed by atoms with Crippen LogP contribution >= 0.6 is 11.6 Å². The first-order valence-electron chi connectivity index (χ1n) is 7.89. The van der Waals surface area contributed by atoms with Crippen LogP contribution in [-0.2, 0) is 16.0 Å². The largest absolute Gasteiger partial charge is 0.759 e. The molecular weight excluding hydrogens is 345 g/mol. The number of benzene rings is 2. The first-order valence-corrected chi connectivity index (χ1v) is 8.26. The van der Waals surface area contributed by atoms with Crippen LogP contribution in [0.4, 0.5) is 4.39 Å². The third-order valence-electron chi connectivity index (χ3n) is 4.29. The van der Waals surface area contributed by atoms with Crippen molar-refractivity contribution in [2.45, 2.75) is 31.8 Å². The summed E-state index contributed by atoms with van der Waals surface area (Å²) in [5, 5.41) is 11.3. The molecule has 2 aromatic carbocycles. The fraction of sp³-hybridized carbons (Fsp3) is 0.316. The minimum Gasteiger partial charge on any atom is -0.759 e. The van der Waals surface area contributed by atoms with Crippen molar-refractivity contribution in [2.75, 3.05) is 7.11 Å². The van der Waals surface area contributed by atoms with E-state index in [0.717, 1.165) is 16.7 Å². The van der Waals surface area contributed by atoms with E-state index in [1.165, 1.54) is 24.7 Å². The number of hydrogen-bond acceptors (Lipinski definition) is 3. The predicted octanol–water partition coefficient (Wildman–Crippen LogP) is 4.13. The smallest absolute Gasteiger partial charge is 0.212 e. The number of hydroxylamine groups is 1. The van der Waals surface area contributed by atoms with E-state index in [-0.39, 0.29) is 18.2 Å². The van der Waals surface area contributed by atoms with Crippen molar-refractivity contribution < 1.29 is 13.9 Å². The zero-order valence-corrected chi connectivity index (χ0v) is 14.8. The number of methoxy groups -OCH3 is 1. The van der Waals surface area contributed by atoms with E-state index >= 15 is 0 Å². The van der Waals surface area contributed by atoms with Crippen LogP contribution in [0, 0.1) is 17.9 Å². The highest BCUT2D eigenvalue weighted by Gasteiger charge is 2.26. The van der Waals surface area contributed by atoms with E-state index in [4.69, 9.17) is 16.3 Å². The van der Waals surface area contributed by atoms with Crippen molar-refractivity contribution in [3.63, 3.8) is 0 Å². The zero-order chi connectivity index (χ0) is 18.4. The van der Waals surface area contributed by atoms with E-state index in [9.17, 15) is 14.4 Å². The summed E-state index contributed by atoms with van der Waals surface area (Å²) in [6.07, 6.45) is -0.0250. The second-order valence-corrected chi connectivity index (χ2v) is 6.37. The molecule has 2 rings (SSSR count). The second kappa shape index (κ2) is 8.94. The quantitative estimate of drug-likeness (QED) is 0.751. The van der Waals surface area contributed by atoms with Crippen LogP contribution in [-0.4, -0.2) is 19.1 Å². The van der Waals surface area contributed by atoms with E-state index in [0.29, 0.717) is 11.4 Å². The number of ether oxygens (including phenoxy) is 1. The number of carbonyl (C=O) groups is 1. The Bertz CT molecular complexity index is 721. The highest BCUT2D eigenvalue weighted by Crippen LogP contribution is 2.30. The number of hydrogen-bond donors (Lipinski definition) is 1. The van der Waals surface area contributed by atoms with Crippen molar-refractivity contribution in [3.05, 3.63) is 75.2 Å². The maximum absolute atomic E-state index is 13.3. The van der Waals surface area contributed by atoms with Crippen LogP contribution in [0.2, 0.25) is 5.02 Å². The summed E-state index contributed by atoms with van der Waals surface area (Å²) < 4.78 is 18.8. The fourth-order valence-corrected chi connectivity index (χ4v) is 3.14. The Hall–Kier alpha value is -1.95. The molecule has 0 spiro atoms. The van der Waals surface area contributed by atoms with Gasteiger partial charge in [-0.2, -0.15) is 0 Å². The van der Waals surface area contributed by atoms with Crippen LogP contribution in [0.3, 0.4) is 0 Å². The standard InChI is InChI=1S/C19H20ClFNO3/c1-12-9-15(20)6-3-14(12)10-17(13-4-7-16(21)8-5-13)18(25-2)11-19(23)22-24/h3-9,17-18H,10-11H2,1-2H3,(H-,22,23,24)/q-1. The predicted molar refractivity (Wildman–Crippen MR) is 96.0 cm³/mol. The Morgan fingerprint density at radius 1 is 1.28 bits per heavy atom. The van der Waals surface area contributed by atoms with E-state index < -0.39 is 12.0 Å². The summed E-state index contributed by atoms with van der Waals surface area (Å²) in [7, 11) is 1.49. The lowest BCUT2D eigenvalue weighted by atomic mass is 9.84. The zero-order valence-electron chi connectivity index (χ0n) is 14.1. The average molecular weight is 365 g/mol. The first kappa shape index (κ1) is 19.4. The molecular formula is C19H20ClFNO3-. The van der Waals surface area contributed by atoms with Crippen LogP contribution in [0.5, 0.6) is 0 Å². The van der Waals surface area contributed by atoms with Gasteiger partial charge in [0.05, 0.1) is 12.5 Å². The van der Waals surface area contributed by atoms with Gasteiger partial charge < -0.3 is 15.4 Å². The van der Waals surface area contributed by atoms with Crippen LogP contribution in [0.25, 0.3) is 0 Å². The topological polar surface area (TPSA) is 61.4 Å². The minimum atomic E-state index is -0.646. The molecule has 1 N–H and O–H groups in total. The third kappa shape index (κ3) is 5.26. The van der Waals surface area contributed by atoms with Gasteiger partial charge in [0.1, 0.15) is 5.82 Å². The molecule has 25 heavy (non-hydrogen) atoms. The molecule has 0 radical (unpaired) electrons. The summed E-state index contributed by atoms with van der Waals surface area (Å²) in [5.41, 5.74) is 4.28. The Balaban J connectivity index is 2.36. The van der Waals surface area contributed by atoms with Crippen molar-refractivity contribution in [1.29, 1.82) is 0 Å². The molecule has 2 aromatic rings. The van der Waals surface area contributed by atoms with Gasteiger partial charge in [-0.3, -0.25) is 4.79 Å². The number of halogens is 2. The van der Waals surface area contributed by atoms with Gasteiger partial charge in [-0.1, -0.05) is 29.8 Å². The summed E-state index contributed by atoms with van der Waals surface area (Å²) in [4.78, 5) is 11.6. The average Bonchev–Trinajstić information content (AvgIpc) is 2.60. The molecule has 2 unspecified atom stereocenters. The van der Waals surface area contributed by atoms with Crippen molar-refractivity contribution in [1.82, 2.24) is 5.48 Å². The Labute approximate surface area is 151 Å². The first-order chi connectivity index (χ1) is 11.9. The second-order valence-electron chi connectivity index (χ2n) is 5.94. The van der Waals surface area contributed by atoms with Gasteiger partial charge in [0.15, 0.2) is 0 Å². The molecule has 0 aliphatic carbocycles. The highest BCUT2D eigenvalue weighted by molar-refractivity contribution is 6.30. The summed E-state index contributed by atoms with van der Waals surface area (Å²) in [6.45, 7) is 1.95. The Morgan fingerprint density at radius 3 is 2.52 bits per heavy atom. The maximum atomic E-state index is 13.3. The summed E-state index contributed by atoms with van der Waals surface area (Å²) in [6, 6.07) is 11.7. The van der Waals surface area contributed by atoms with E-state index in [2.05, 4.69) is 0 Å². The Morgan fingerprint density at radius 2 is 1.96 bits per heavy atom. The van der Waals surface area contributed by atoms with Crippen LogP contribution in [0.1, 0.15) is 29.0 Å². The molecule has 0 heterocycles. The molecule has 0 aliphatic heterocycles. The van der Waals surface area contributed by atoms with Gasteiger partial charge in [-0.25, -0.2) is 4.39 Å². The number of carbonyl (C=O) groups excluding carboxylic acids is 1. The van der Waals surface area contributed by atoms with Gasteiger partial charge in [-0.15, -0.1) is 0 Å². The van der Waals surface area contributed by atoms with Gasteiger partial charge in [-0.05, 0) is 54.3 Å². The number of amides is 1. The summed E-state index contributed by atoms with van der Waals surface area (Å²) in [5.74, 6) is -1.20. The van der Waals surface area contributed by atoms with Crippen molar-refractivity contribution >= 4 is 17.5 Å². The lowest BCUT2D eigenvalue weighted by Crippen LogP contribution is -2.30. The SMILES string of the molecule is COC(CC(=O)N[O-])C(Cc1ccc(Cl)cc1C)c1ccc(F)cc1. The molecule has 0 bridgehead atoms. The highest BCUT2D eigenvalue weighted by atomic mass is 35.5. The monoisotopic (exact) mass is 364 g/mol. The molecule has 0 aromatic heterocycles. The lowest BCUT2D eigenvalue weighted by Gasteiger charge is -2.27. The fourth-order valence-electron chi connectivity index (χ4n) is 2.91. The lowest BCUT2D eigenvalue weighted by molar-refractivity contribution is -0.123. The van der Waals surface area contributed by atoms with Crippen LogP contribution < -0.4 is 5.48 Å². The van der Waals surface area contributed by atoms with Gasteiger partial charge in [0.2, 0.25) is 5.91 Å². The van der Waals surface area contributed by atoms with E-state index in [1.807, 2.05) is 19.1 Å². The third-order valence-corrected chi connectivity index (χ3v) is 4.53.